The molecule has 6 nitrogen and oxygen atoms in total. The summed E-state index contributed by atoms with van der Waals surface area (Å²) in [5.41, 5.74) is 0.607. The predicted octanol–water partition coefficient (Wildman–Crippen LogP) is 2.48. The maximum absolute atomic E-state index is 11.5. The van der Waals surface area contributed by atoms with Crippen molar-refractivity contribution >= 4 is 11.7 Å². The summed E-state index contributed by atoms with van der Waals surface area (Å²) in [5.74, 6) is 0.0226. The summed E-state index contributed by atoms with van der Waals surface area (Å²) in [6, 6.07) is 8.99. The molecule has 22 heavy (non-hydrogen) atoms. The summed E-state index contributed by atoms with van der Waals surface area (Å²) in [7, 11) is 0. The number of nitriles is 1. The molecular weight excluding hydrogens is 284 g/mol. The van der Waals surface area contributed by atoms with Gasteiger partial charge in [0.05, 0.1) is 13.2 Å². The van der Waals surface area contributed by atoms with Gasteiger partial charge in [-0.05, 0) is 26.0 Å². The van der Waals surface area contributed by atoms with E-state index in [0.717, 1.165) is 0 Å². The minimum atomic E-state index is -0.651. The SMILES string of the molecule is CCOCCOc1cccc(N/C=C(\C#N)C(=O)OCC)c1. The maximum atomic E-state index is 11.5. The highest BCUT2D eigenvalue weighted by atomic mass is 16.5. The van der Waals surface area contributed by atoms with Gasteiger partial charge in [-0.15, -0.1) is 0 Å². The van der Waals surface area contributed by atoms with E-state index < -0.39 is 5.97 Å². The number of esters is 1. The molecule has 0 heterocycles. The van der Waals surface area contributed by atoms with Gasteiger partial charge >= 0.3 is 5.97 Å². The van der Waals surface area contributed by atoms with Gasteiger partial charge in [0, 0.05) is 24.6 Å². The Morgan fingerprint density at radius 2 is 2.14 bits per heavy atom. The lowest BCUT2D eigenvalue weighted by molar-refractivity contribution is -0.138. The van der Waals surface area contributed by atoms with Gasteiger partial charge in [0.1, 0.15) is 18.4 Å². The fraction of sp³-hybridized carbons (Fsp3) is 0.375. The molecule has 0 bridgehead atoms. The lowest BCUT2D eigenvalue weighted by atomic mass is 10.3. The summed E-state index contributed by atoms with van der Waals surface area (Å²) >= 11 is 0. The zero-order valence-corrected chi connectivity index (χ0v) is 12.8. The molecule has 1 aromatic carbocycles. The number of anilines is 1. The van der Waals surface area contributed by atoms with Crippen molar-refractivity contribution in [3.8, 4) is 11.8 Å². The lowest BCUT2D eigenvalue weighted by Crippen LogP contribution is -2.08. The van der Waals surface area contributed by atoms with Crippen LogP contribution in [0.5, 0.6) is 5.75 Å². The summed E-state index contributed by atoms with van der Waals surface area (Å²) in [4.78, 5) is 11.5. The average molecular weight is 304 g/mol. The van der Waals surface area contributed by atoms with Crippen molar-refractivity contribution in [2.45, 2.75) is 13.8 Å². The molecule has 0 atom stereocenters. The molecule has 1 rings (SSSR count). The van der Waals surface area contributed by atoms with E-state index >= 15 is 0 Å². The zero-order valence-electron chi connectivity index (χ0n) is 12.8. The van der Waals surface area contributed by atoms with Gasteiger partial charge in [0.15, 0.2) is 5.57 Å². The van der Waals surface area contributed by atoms with E-state index in [4.69, 9.17) is 19.5 Å². The molecule has 0 fully saturated rings. The number of hydrogen-bond donors (Lipinski definition) is 1. The second-order valence-electron chi connectivity index (χ2n) is 4.11. The van der Waals surface area contributed by atoms with Crippen LogP contribution in [0.4, 0.5) is 5.69 Å². The van der Waals surface area contributed by atoms with E-state index in [-0.39, 0.29) is 12.2 Å². The fourth-order valence-electron chi connectivity index (χ4n) is 1.54. The summed E-state index contributed by atoms with van der Waals surface area (Å²) in [5, 5.41) is 11.8. The van der Waals surface area contributed by atoms with E-state index in [9.17, 15) is 4.79 Å². The monoisotopic (exact) mass is 304 g/mol. The first kappa shape index (κ1) is 17.5. The average Bonchev–Trinajstić information content (AvgIpc) is 2.53. The van der Waals surface area contributed by atoms with Crippen LogP contribution in [-0.2, 0) is 14.3 Å². The molecule has 6 heteroatoms. The van der Waals surface area contributed by atoms with Crippen molar-refractivity contribution in [3.63, 3.8) is 0 Å². The van der Waals surface area contributed by atoms with Crippen molar-refractivity contribution in [3.05, 3.63) is 36.0 Å². The molecule has 0 aromatic heterocycles. The first-order valence-electron chi connectivity index (χ1n) is 7.05. The number of nitrogens with zero attached hydrogens (tertiary/aromatic N) is 1. The fourth-order valence-corrected chi connectivity index (χ4v) is 1.54. The Balaban J connectivity index is 2.62. The van der Waals surface area contributed by atoms with Gasteiger partial charge in [0.2, 0.25) is 0 Å². The van der Waals surface area contributed by atoms with Gasteiger partial charge in [-0.25, -0.2) is 4.79 Å². The molecule has 118 valence electrons. The molecule has 0 unspecified atom stereocenters. The molecule has 0 radical (unpaired) electrons. The Bertz CT molecular complexity index is 549. The topological polar surface area (TPSA) is 80.6 Å². The van der Waals surface area contributed by atoms with Crippen LogP contribution in [0.2, 0.25) is 0 Å². The van der Waals surface area contributed by atoms with Crippen LogP contribution in [0.25, 0.3) is 0 Å². The van der Waals surface area contributed by atoms with Crippen LogP contribution in [0, 0.1) is 11.3 Å². The summed E-state index contributed by atoms with van der Waals surface area (Å²) in [6.45, 7) is 5.47. The van der Waals surface area contributed by atoms with Gasteiger partial charge in [0.25, 0.3) is 0 Å². The highest BCUT2D eigenvalue weighted by Gasteiger charge is 2.09. The smallest absolute Gasteiger partial charge is 0.350 e. The van der Waals surface area contributed by atoms with Gasteiger partial charge in [-0.2, -0.15) is 5.26 Å². The Morgan fingerprint density at radius 1 is 1.32 bits per heavy atom. The number of carbonyl (C=O) groups is 1. The molecule has 0 aliphatic rings. The number of nitrogens with one attached hydrogen (secondary N) is 1. The molecule has 0 aliphatic carbocycles. The van der Waals surface area contributed by atoms with Crippen molar-refractivity contribution in [1.29, 1.82) is 5.26 Å². The lowest BCUT2D eigenvalue weighted by Gasteiger charge is -2.08. The number of benzene rings is 1. The Hall–Kier alpha value is -2.52. The van der Waals surface area contributed by atoms with Gasteiger partial charge in [-0.3, -0.25) is 0 Å². The van der Waals surface area contributed by atoms with Gasteiger partial charge < -0.3 is 19.5 Å². The van der Waals surface area contributed by atoms with E-state index in [1.165, 1.54) is 6.20 Å². The summed E-state index contributed by atoms with van der Waals surface area (Å²) in [6.07, 6.45) is 1.32. The van der Waals surface area contributed by atoms with E-state index in [2.05, 4.69) is 5.32 Å². The van der Waals surface area contributed by atoms with Gasteiger partial charge in [-0.1, -0.05) is 6.07 Å². The Kier molecular flexibility index (Phi) is 8.16. The maximum Gasteiger partial charge on any atom is 0.350 e. The van der Waals surface area contributed by atoms with Crippen LogP contribution in [0.15, 0.2) is 36.0 Å². The van der Waals surface area contributed by atoms with E-state index in [1.807, 2.05) is 19.1 Å². The first-order valence-corrected chi connectivity index (χ1v) is 7.05. The standard InChI is InChI=1S/C16H20N2O4/c1-3-20-8-9-22-15-7-5-6-14(10-15)18-12-13(11-17)16(19)21-4-2/h5-7,10,12,18H,3-4,8-9H2,1-2H3/b13-12+. The number of carbonyl (C=O) groups excluding carboxylic acids is 1. The normalized spacial score (nSPS) is 10.7. The summed E-state index contributed by atoms with van der Waals surface area (Å²) < 4.78 is 15.5. The quantitative estimate of drug-likeness (QED) is 0.327. The molecule has 1 aromatic rings. The molecule has 0 aliphatic heterocycles. The van der Waals surface area contributed by atoms with Crippen molar-refractivity contribution < 1.29 is 19.0 Å². The van der Waals surface area contributed by atoms with Crippen LogP contribution in [-0.4, -0.2) is 32.4 Å². The molecule has 0 amide bonds. The third-order valence-corrected chi connectivity index (χ3v) is 2.53. The van der Waals surface area contributed by atoms with Crippen LogP contribution in [0.3, 0.4) is 0 Å². The minimum Gasteiger partial charge on any atom is -0.491 e. The Labute approximate surface area is 130 Å². The highest BCUT2D eigenvalue weighted by molar-refractivity contribution is 5.93. The predicted molar refractivity (Wildman–Crippen MR) is 82.4 cm³/mol. The van der Waals surface area contributed by atoms with Crippen molar-refractivity contribution in [1.82, 2.24) is 0 Å². The first-order chi connectivity index (χ1) is 10.7. The molecular formula is C16H20N2O4. The van der Waals surface area contributed by atoms with Crippen LogP contribution >= 0.6 is 0 Å². The zero-order chi connectivity index (χ0) is 16.2. The second-order valence-corrected chi connectivity index (χ2v) is 4.11. The number of ether oxygens (including phenoxy) is 3. The van der Waals surface area contributed by atoms with Crippen molar-refractivity contribution in [2.24, 2.45) is 0 Å². The van der Waals surface area contributed by atoms with E-state index in [1.54, 1.807) is 25.1 Å². The van der Waals surface area contributed by atoms with E-state index in [0.29, 0.717) is 31.3 Å². The van der Waals surface area contributed by atoms with Crippen LogP contribution in [0.1, 0.15) is 13.8 Å². The molecule has 1 N–H and O–H groups in total. The third-order valence-electron chi connectivity index (χ3n) is 2.53. The van der Waals surface area contributed by atoms with Crippen molar-refractivity contribution in [2.75, 3.05) is 31.7 Å². The molecule has 0 spiro atoms. The Morgan fingerprint density at radius 3 is 2.82 bits per heavy atom. The molecule has 0 saturated heterocycles. The number of rotatable bonds is 9. The second kappa shape index (κ2) is 10.2. The largest absolute Gasteiger partial charge is 0.491 e. The third kappa shape index (κ3) is 6.29. The highest BCUT2D eigenvalue weighted by Crippen LogP contribution is 2.17. The number of hydrogen-bond acceptors (Lipinski definition) is 6. The minimum absolute atomic E-state index is 0.0930. The van der Waals surface area contributed by atoms with Crippen LogP contribution < -0.4 is 10.1 Å². The molecule has 0 saturated carbocycles.